The quantitative estimate of drug-likeness (QED) is 0.548. The largest absolute Gasteiger partial charge is 0.496 e. The molecule has 0 aliphatic carbocycles. The van der Waals surface area contributed by atoms with Crippen LogP contribution in [0.1, 0.15) is 21.5 Å². The second-order valence-electron chi connectivity index (χ2n) is 4.40. The average molecular weight is 423 g/mol. The Labute approximate surface area is 139 Å². The molecule has 1 nitrogen and oxygen atoms in total. The third-order valence-electron chi connectivity index (χ3n) is 2.97. The molecular formula is C15H12Br2ClFO. The highest BCUT2D eigenvalue weighted by Crippen LogP contribution is 2.41. The maximum absolute atomic E-state index is 13.6. The zero-order chi connectivity index (χ0) is 14.9. The molecule has 20 heavy (non-hydrogen) atoms. The zero-order valence-electron chi connectivity index (χ0n) is 10.9. The molecule has 0 amide bonds. The second kappa shape index (κ2) is 6.46. The lowest BCUT2D eigenvalue weighted by Gasteiger charge is -2.17. The zero-order valence-corrected chi connectivity index (χ0v) is 14.8. The molecule has 0 fully saturated rings. The summed E-state index contributed by atoms with van der Waals surface area (Å²) in [5.41, 5.74) is 2.81. The van der Waals surface area contributed by atoms with Crippen LogP contribution >= 0.6 is 43.5 Å². The van der Waals surface area contributed by atoms with Crippen LogP contribution < -0.4 is 4.74 Å². The summed E-state index contributed by atoms with van der Waals surface area (Å²) in [6, 6.07) is 8.89. The Balaban J connectivity index is 2.52. The number of hydrogen-bond acceptors (Lipinski definition) is 1. The molecule has 0 bridgehead atoms. The fourth-order valence-electron chi connectivity index (χ4n) is 1.92. The standard InChI is InChI=1S/C15H12Br2ClFO/c1-8-3-4-9(12(18)5-8)15(17)10-6-11(16)13(19)7-14(10)20-2/h3-7,15H,1-2H3. The van der Waals surface area contributed by atoms with E-state index < -0.39 is 0 Å². The molecule has 0 aliphatic heterocycles. The normalized spacial score (nSPS) is 12.3. The highest BCUT2D eigenvalue weighted by molar-refractivity contribution is 9.10. The third kappa shape index (κ3) is 3.18. The molecule has 1 atom stereocenters. The van der Waals surface area contributed by atoms with Crippen LogP contribution in [0, 0.1) is 12.7 Å². The van der Waals surface area contributed by atoms with Crippen LogP contribution in [0.5, 0.6) is 5.75 Å². The molecule has 5 heteroatoms. The topological polar surface area (TPSA) is 9.23 Å². The lowest BCUT2D eigenvalue weighted by molar-refractivity contribution is 0.406. The van der Waals surface area contributed by atoms with Crippen molar-refractivity contribution in [1.29, 1.82) is 0 Å². The van der Waals surface area contributed by atoms with E-state index in [0.717, 1.165) is 16.7 Å². The predicted octanol–water partition coefficient (Wildman–Crippen LogP) is 6.04. The fourth-order valence-corrected chi connectivity index (χ4v) is 3.52. The van der Waals surface area contributed by atoms with Crippen molar-refractivity contribution in [2.24, 2.45) is 0 Å². The summed E-state index contributed by atoms with van der Waals surface area (Å²) >= 11 is 13.1. The van der Waals surface area contributed by atoms with Gasteiger partial charge in [0.05, 0.1) is 16.4 Å². The minimum Gasteiger partial charge on any atom is -0.496 e. The van der Waals surface area contributed by atoms with E-state index in [0.29, 0.717) is 15.2 Å². The molecule has 0 spiro atoms. The first kappa shape index (κ1) is 15.8. The number of methoxy groups -OCH3 is 1. The fraction of sp³-hybridized carbons (Fsp3) is 0.200. The molecule has 1 unspecified atom stereocenters. The summed E-state index contributed by atoms with van der Waals surface area (Å²) in [4.78, 5) is -0.178. The highest BCUT2D eigenvalue weighted by atomic mass is 79.9. The van der Waals surface area contributed by atoms with E-state index in [-0.39, 0.29) is 10.6 Å². The van der Waals surface area contributed by atoms with Gasteiger partial charge in [-0.15, -0.1) is 0 Å². The Kier molecular flexibility index (Phi) is 5.10. The Bertz CT molecular complexity index is 646. The Morgan fingerprint density at radius 2 is 1.90 bits per heavy atom. The van der Waals surface area contributed by atoms with Crippen molar-refractivity contribution in [1.82, 2.24) is 0 Å². The van der Waals surface area contributed by atoms with E-state index in [1.165, 1.54) is 13.2 Å². The van der Waals surface area contributed by atoms with Crippen LogP contribution in [0.15, 0.2) is 34.8 Å². The van der Waals surface area contributed by atoms with Gasteiger partial charge in [0.15, 0.2) is 0 Å². The van der Waals surface area contributed by atoms with Gasteiger partial charge in [-0.3, -0.25) is 0 Å². The van der Waals surface area contributed by atoms with E-state index in [4.69, 9.17) is 16.3 Å². The third-order valence-corrected chi connectivity index (χ3v) is 4.90. The molecule has 2 aromatic carbocycles. The van der Waals surface area contributed by atoms with Crippen LogP contribution in [0.3, 0.4) is 0 Å². The minimum absolute atomic E-state index is 0.178. The SMILES string of the molecule is COc1cc(F)c(Br)cc1C(Br)c1ccc(C)cc1Cl. The van der Waals surface area contributed by atoms with Crippen molar-refractivity contribution in [3.05, 3.63) is 62.3 Å². The van der Waals surface area contributed by atoms with Crippen LogP contribution in [0.25, 0.3) is 0 Å². The van der Waals surface area contributed by atoms with E-state index in [9.17, 15) is 4.39 Å². The molecule has 2 aromatic rings. The van der Waals surface area contributed by atoms with Gasteiger partial charge in [0.25, 0.3) is 0 Å². The van der Waals surface area contributed by atoms with Crippen LogP contribution in [0.2, 0.25) is 5.02 Å². The van der Waals surface area contributed by atoms with Gasteiger partial charge < -0.3 is 4.74 Å². The van der Waals surface area contributed by atoms with Crippen molar-refractivity contribution < 1.29 is 9.13 Å². The molecule has 0 saturated heterocycles. The number of rotatable bonds is 3. The van der Waals surface area contributed by atoms with Crippen molar-refractivity contribution in [2.45, 2.75) is 11.8 Å². The molecular weight excluding hydrogens is 410 g/mol. The lowest BCUT2D eigenvalue weighted by atomic mass is 10.0. The Morgan fingerprint density at radius 3 is 2.50 bits per heavy atom. The van der Waals surface area contributed by atoms with E-state index >= 15 is 0 Å². The van der Waals surface area contributed by atoms with Crippen molar-refractivity contribution in [2.75, 3.05) is 7.11 Å². The molecule has 0 heterocycles. The van der Waals surface area contributed by atoms with E-state index in [2.05, 4.69) is 31.9 Å². The maximum Gasteiger partial charge on any atom is 0.141 e. The Morgan fingerprint density at radius 1 is 1.20 bits per heavy atom. The van der Waals surface area contributed by atoms with Gasteiger partial charge in [0, 0.05) is 16.7 Å². The van der Waals surface area contributed by atoms with Gasteiger partial charge in [-0.05, 0) is 46.1 Å². The maximum atomic E-state index is 13.6. The van der Waals surface area contributed by atoms with Gasteiger partial charge in [0.1, 0.15) is 11.6 Å². The number of hydrogen-bond donors (Lipinski definition) is 0. The monoisotopic (exact) mass is 420 g/mol. The highest BCUT2D eigenvalue weighted by Gasteiger charge is 2.20. The number of halogens is 4. The van der Waals surface area contributed by atoms with Gasteiger partial charge in [-0.1, -0.05) is 39.7 Å². The second-order valence-corrected chi connectivity index (χ2v) is 6.57. The summed E-state index contributed by atoms with van der Waals surface area (Å²) in [5.74, 6) is 0.115. The molecule has 0 radical (unpaired) electrons. The number of ether oxygens (including phenoxy) is 1. The molecule has 0 N–H and O–H groups in total. The predicted molar refractivity (Wildman–Crippen MR) is 87.6 cm³/mol. The molecule has 2 rings (SSSR count). The first-order valence-corrected chi connectivity index (χ1v) is 7.95. The van der Waals surface area contributed by atoms with Crippen LogP contribution in [0.4, 0.5) is 4.39 Å². The first-order valence-electron chi connectivity index (χ1n) is 5.87. The van der Waals surface area contributed by atoms with Gasteiger partial charge in [-0.2, -0.15) is 0 Å². The summed E-state index contributed by atoms with van der Waals surface area (Å²) < 4.78 is 19.2. The minimum atomic E-state index is -0.361. The van der Waals surface area contributed by atoms with Crippen molar-refractivity contribution in [3.8, 4) is 5.75 Å². The number of aryl methyl sites for hydroxylation is 1. The van der Waals surface area contributed by atoms with Crippen LogP contribution in [-0.4, -0.2) is 7.11 Å². The van der Waals surface area contributed by atoms with Crippen molar-refractivity contribution >= 4 is 43.5 Å². The average Bonchev–Trinajstić information content (AvgIpc) is 2.40. The molecule has 0 aromatic heterocycles. The molecule has 0 aliphatic rings. The van der Waals surface area contributed by atoms with Gasteiger partial charge in [0.2, 0.25) is 0 Å². The first-order chi connectivity index (χ1) is 9.43. The number of benzene rings is 2. The summed E-state index contributed by atoms with van der Waals surface area (Å²) in [7, 11) is 1.52. The van der Waals surface area contributed by atoms with E-state index in [1.807, 2.05) is 25.1 Å². The lowest BCUT2D eigenvalue weighted by Crippen LogP contribution is -1.99. The van der Waals surface area contributed by atoms with Crippen LogP contribution in [-0.2, 0) is 0 Å². The summed E-state index contributed by atoms with van der Waals surface area (Å²) in [6.45, 7) is 1.98. The van der Waals surface area contributed by atoms with Gasteiger partial charge in [-0.25, -0.2) is 4.39 Å². The number of alkyl halides is 1. The smallest absolute Gasteiger partial charge is 0.141 e. The summed E-state index contributed by atoms with van der Waals surface area (Å²) in [5, 5.41) is 0.661. The Hall–Kier alpha value is -0.580. The van der Waals surface area contributed by atoms with Crippen molar-refractivity contribution in [3.63, 3.8) is 0 Å². The van der Waals surface area contributed by atoms with Gasteiger partial charge >= 0.3 is 0 Å². The summed E-state index contributed by atoms with van der Waals surface area (Å²) in [6.07, 6.45) is 0. The molecule has 106 valence electrons. The molecule has 0 saturated carbocycles. The van der Waals surface area contributed by atoms with E-state index in [1.54, 1.807) is 6.07 Å².